The Morgan fingerprint density at radius 3 is 2.61 bits per heavy atom. The van der Waals surface area contributed by atoms with Crippen molar-refractivity contribution in [2.45, 2.75) is 13.3 Å². The van der Waals surface area contributed by atoms with E-state index in [2.05, 4.69) is 5.10 Å². The molecule has 2 aromatic carbocycles. The highest BCUT2D eigenvalue weighted by Gasteiger charge is 2.24. The summed E-state index contributed by atoms with van der Waals surface area (Å²) in [5, 5.41) is 4.87. The van der Waals surface area contributed by atoms with Crippen molar-refractivity contribution in [1.82, 2.24) is 19.6 Å². The maximum atomic E-state index is 13.9. The average Bonchev–Trinajstić information content (AvgIpc) is 3.25. The lowest BCUT2D eigenvalue weighted by Gasteiger charge is -2.34. The second-order valence-corrected chi connectivity index (χ2v) is 7.69. The summed E-state index contributed by atoms with van der Waals surface area (Å²) in [5.41, 5.74) is 0.651. The molecule has 0 aliphatic carbocycles. The van der Waals surface area contributed by atoms with Crippen molar-refractivity contribution >= 4 is 17.5 Å². The fourth-order valence-electron chi connectivity index (χ4n) is 3.43. The Kier molecular flexibility index (Phi) is 6.48. The van der Waals surface area contributed by atoms with Crippen LogP contribution in [0.1, 0.15) is 16.1 Å². The van der Waals surface area contributed by atoms with Crippen LogP contribution >= 0.6 is 11.6 Å². The van der Waals surface area contributed by atoms with Gasteiger partial charge in [0.05, 0.1) is 0 Å². The van der Waals surface area contributed by atoms with Crippen molar-refractivity contribution < 1.29 is 18.3 Å². The van der Waals surface area contributed by atoms with E-state index in [0.29, 0.717) is 54.8 Å². The minimum Gasteiger partial charge on any atom is -0.471 e. The van der Waals surface area contributed by atoms with Crippen LogP contribution in [0, 0.1) is 11.6 Å². The van der Waals surface area contributed by atoms with Gasteiger partial charge in [0.1, 0.15) is 5.75 Å². The number of aromatic nitrogens is 2. The fourth-order valence-corrected chi connectivity index (χ4v) is 3.61. The third-order valence-electron chi connectivity index (χ3n) is 5.10. The molecule has 1 amide bonds. The predicted octanol–water partition coefficient (Wildman–Crippen LogP) is 3.81. The highest BCUT2D eigenvalue weighted by Crippen LogP contribution is 2.18. The topological polar surface area (TPSA) is 50.6 Å². The zero-order valence-corrected chi connectivity index (χ0v) is 17.4. The summed E-state index contributed by atoms with van der Waals surface area (Å²) in [5.74, 6) is -1.22. The van der Waals surface area contributed by atoms with Gasteiger partial charge in [0.2, 0.25) is 0 Å². The maximum absolute atomic E-state index is 13.9. The molecule has 1 fully saturated rings. The minimum atomic E-state index is -0.846. The van der Waals surface area contributed by atoms with E-state index in [1.54, 1.807) is 47.5 Å². The Labute approximate surface area is 183 Å². The van der Waals surface area contributed by atoms with Gasteiger partial charge in [-0.2, -0.15) is 5.10 Å². The molecule has 6 nitrogen and oxygen atoms in total. The summed E-state index contributed by atoms with van der Waals surface area (Å²) in [6, 6.07) is 12.9. The monoisotopic (exact) mass is 446 g/mol. The molecule has 0 saturated carbocycles. The number of amides is 1. The third-order valence-corrected chi connectivity index (χ3v) is 5.34. The van der Waals surface area contributed by atoms with Gasteiger partial charge in [-0.1, -0.05) is 29.8 Å². The Hall–Kier alpha value is -2.97. The van der Waals surface area contributed by atoms with E-state index in [1.807, 2.05) is 4.90 Å². The SMILES string of the molecule is O=C(c1ccn(COc2cccc(Cl)c2)n1)N1CCN(Cc2cccc(F)c2F)CC1. The quantitative estimate of drug-likeness (QED) is 0.578. The minimum absolute atomic E-state index is 0.153. The number of halogens is 3. The van der Waals surface area contributed by atoms with Crippen LogP contribution in [0.4, 0.5) is 8.78 Å². The molecule has 4 rings (SSSR count). The molecule has 0 spiro atoms. The van der Waals surface area contributed by atoms with E-state index in [1.165, 1.54) is 10.7 Å². The molecule has 0 atom stereocenters. The van der Waals surface area contributed by atoms with Crippen LogP contribution in [0.2, 0.25) is 5.02 Å². The van der Waals surface area contributed by atoms with Gasteiger partial charge in [0, 0.05) is 49.5 Å². The lowest BCUT2D eigenvalue weighted by molar-refractivity contribution is 0.0619. The number of benzene rings is 2. The smallest absolute Gasteiger partial charge is 0.274 e. The first kappa shape index (κ1) is 21.3. The van der Waals surface area contributed by atoms with E-state index in [9.17, 15) is 13.6 Å². The molecule has 162 valence electrons. The Morgan fingerprint density at radius 1 is 1.06 bits per heavy atom. The van der Waals surface area contributed by atoms with Crippen LogP contribution in [0.5, 0.6) is 5.75 Å². The number of rotatable bonds is 6. The summed E-state index contributed by atoms with van der Waals surface area (Å²) >= 11 is 5.94. The van der Waals surface area contributed by atoms with Crippen molar-refractivity contribution in [3.8, 4) is 5.75 Å². The summed E-state index contributed by atoms with van der Waals surface area (Å²) in [4.78, 5) is 16.5. The van der Waals surface area contributed by atoms with Crippen LogP contribution in [-0.4, -0.2) is 51.7 Å². The van der Waals surface area contributed by atoms with Gasteiger partial charge in [0.25, 0.3) is 5.91 Å². The molecule has 1 aliphatic heterocycles. The molecule has 31 heavy (non-hydrogen) atoms. The van der Waals surface area contributed by atoms with Gasteiger partial charge in [-0.3, -0.25) is 9.69 Å². The van der Waals surface area contributed by atoms with Crippen molar-refractivity contribution in [2.75, 3.05) is 26.2 Å². The highest BCUT2D eigenvalue weighted by molar-refractivity contribution is 6.30. The number of carbonyl (C=O) groups is 1. The van der Waals surface area contributed by atoms with Crippen LogP contribution in [-0.2, 0) is 13.3 Å². The Morgan fingerprint density at radius 2 is 1.84 bits per heavy atom. The second kappa shape index (κ2) is 9.45. The first-order valence-electron chi connectivity index (χ1n) is 9.86. The predicted molar refractivity (Wildman–Crippen MR) is 112 cm³/mol. The third kappa shape index (κ3) is 5.21. The molecule has 1 saturated heterocycles. The van der Waals surface area contributed by atoms with Crippen molar-refractivity contribution in [3.63, 3.8) is 0 Å². The number of nitrogens with zero attached hydrogens (tertiary/aromatic N) is 4. The van der Waals surface area contributed by atoms with Crippen LogP contribution in [0.3, 0.4) is 0 Å². The van der Waals surface area contributed by atoms with E-state index < -0.39 is 11.6 Å². The number of ether oxygens (including phenoxy) is 1. The van der Waals surface area contributed by atoms with Crippen LogP contribution < -0.4 is 4.74 Å². The van der Waals surface area contributed by atoms with Crippen LogP contribution in [0.25, 0.3) is 0 Å². The van der Waals surface area contributed by atoms with E-state index in [-0.39, 0.29) is 12.6 Å². The second-order valence-electron chi connectivity index (χ2n) is 7.25. The molecule has 0 unspecified atom stereocenters. The van der Waals surface area contributed by atoms with Gasteiger partial charge >= 0.3 is 0 Å². The molecule has 9 heteroatoms. The molecule has 2 heterocycles. The molecular formula is C22H21ClF2N4O2. The lowest BCUT2D eigenvalue weighted by Crippen LogP contribution is -2.48. The summed E-state index contributed by atoms with van der Waals surface area (Å²) in [7, 11) is 0. The van der Waals surface area contributed by atoms with Crippen LogP contribution in [0.15, 0.2) is 54.7 Å². The van der Waals surface area contributed by atoms with Gasteiger partial charge in [-0.25, -0.2) is 13.5 Å². The number of hydrogen-bond donors (Lipinski definition) is 0. The number of piperazine rings is 1. The normalized spacial score (nSPS) is 14.6. The average molecular weight is 447 g/mol. The molecule has 1 aromatic heterocycles. The largest absolute Gasteiger partial charge is 0.471 e. The standard InChI is InChI=1S/C22H21ClF2N4O2/c23-17-4-2-5-18(13-17)31-15-29-8-7-20(26-29)22(30)28-11-9-27(10-12-28)14-16-3-1-6-19(24)21(16)25/h1-8,13H,9-12,14-15H2. The van der Waals surface area contributed by atoms with E-state index in [4.69, 9.17) is 16.3 Å². The molecule has 0 N–H and O–H groups in total. The molecule has 0 radical (unpaired) electrons. The fraction of sp³-hybridized carbons (Fsp3) is 0.273. The number of carbonyl (C=O) groups excluding carboxylic acids is 1. The molecular weight excluding hydrogens is 426 g/mol. The Bertz CT molecular complexity index is 1070. The van der Waals surface area contributed by atoms with Gasteiger partial charge in [-0.05, 0) is 30.3 Å². The first-order valence-corrected chi connectivity index (χ1v) is 10.2. The van der Waals surface area contributed by atoms with Crippen molar-refractivity contribution in [1.29, 1.82) is 0 Å². The van der Waals surface area contributed by atoms with Crippen molar-refractivity contribution in [3.05, 3.63) is 82.6 Å². The summed E-state index contributed by atoms with van der Waals surface area (Å²) in [6.07, 6.45) is 1.68. The molecule has 1 aliphatic rings. The van der Waals surface area contributed by atoms with Gasteiger partial charge < -0.3 is 9.64 Å². The molecule has 0 bridgehead atoms. The van der Waals surface area contributed by atoms with Crippen molar-refractivity contribution in [2.24, 2.45) is 0 Å². The van der Waals surface area contributed by atoms with E-state index in [0.717, 1.165) is 6.07 Å². The molecule has 3 aromatic rings. The van der Waals surface area contributed by atoms with Gasteiger partial charge in [-0.15, -0.1) is 0 Å². The Balaban J connectivity index is 1.29. The maximum Gasteiger partial charge on any atom is 0.274 e. The zero-order chi connectivity index (χ0) is 21.8. The summed E-state index contributed by atoms with van der Waals surface area (Å²) < 4.78 is 34.4. The lowest BCUT2D eigenvalue weighted by atomic mass is 10.1. The highest BCUT2D eigenvalue weighted by atomic mass is 35.5. The first-order chi connectivity index (χ1) is 15.0. The van der Waals surface area contributed by atoms with E-state index >= 15 is 0 Å². The number of hydrogen-bond acceptors (Lipinski definition) is 4. The van der Waals surface area contributed by atoms with Gasteiger partial charge in [0.15, 0.2) is 24.1 Å². The zero-order valence-electron chi connectivity index (χ0n) is 16.7. The summed E-state index contributed by atoms with van der Waals surface area (Å²) in [6.45, 7) is 2.57.